The molecule has 2 N–H and O–H groups in total. The normalized spacial score (nSPS) is 11.4. The van der Waals surface area contributed by atoms with Gasteiger partial charge in [0.1, 0.15) is 0 Å². The van der Waals surface area contributed by atoms with Crippen LogP contribution in [0.5, 0.6) is 0 Å². The summed E-state index contributed by atoms with van der Waals surface area (Å²) in [5.41, 5.74) is -1.19. The molecule has 0 aliphatic heterocycles. The highest BCUT2D eigenvalue weighted by atomic mass is 35.5. The quantitative estimate of drug-likeness (QED) is 0.495. The molecular weight excluding hydrogens is 423 g/mol. The summed E-state index contributed by atoms with van der Waals surface area (Å²) >= 11 is 8.24. The molecule has 0 unspecified atom stereocenters. The molecule has 0 aliphatic rings. The van der Waals surface area contributed by atoms with Gasteiger partial charge in [0.05, 0.1) is 22.7 Å². The van der Waals surface area contributed by atoms with Gasteiger partial charge in [-0.05, 0) is 24.0 Å². The largest absolute Gasteiger partial charge is 0.418 e. The molecule has 0 saturated carbocycles. The summed E-state index contributed by atoms with van der Waals surface area (Å²) in [7, 11) is 0. The molecule has 27 heavy (non-hydrogen) atoms. The summed E-state index contributed by atoms with van der Waals surface area (Å²) < 4.78 is 39.1. The number of hydrogen-bond acceptors (Lipinski definition) is 5. The molecule has 146 valence electrons. The molecule has 11 heteroatoms. The van der Waals surface area contributed by atoms with E-state index in [0.717, 1.165) is 35.7 Å². The zero-order chi connectivity index (χ0) is 20.0. The Morgan fingerprint density at radius 3 is 2.74 bits per heavy atom. The van der Waals surface area contributed by atoms with E-state index in [1.54, 1.807) is 11.8 Å². The van der Waals surface area contributed by atoms with Gasteiger partial charge in [0.2, 0.25) is 5.91 Å². The van der Waals surface area contributed by atoms with Crippen LogP contribution in [-0.2, 0) is 16.7 Å². The van der Waals surface area contributed by atoms with Crippen molar-refractivity contribution in [3.05, 3.63) is 50.9 Å². The number of alkyl halides is 3. The topological polar surface area (TPSA) is 74.8 Å². The second-order valence-electron chi connectivity index (χ2n) is 5.20. The molecule has 0 bridgehead atoms. The standard InChI is InChI=1S/C16H15ClF3N3O2S2/c1-2-26-7-10-6-13(24)23-15(21-10)27-8-14(25)22-12-5-9(17)3-4-11(12)16(18,19)20/h3-6H,2,7-8H2,1H3,(H,22,25)(H,21,23,24). The first-order chi connectivity index (χ1) is 12.7. The highest BCUT2D eigenvalue weighted by molar-refractivity contribution is 7.99. The number of nitrogens with zero attached hydrogens (tertiary/aromatic N) is 1. The molecule has 0 spiro atoms. The summed E-state index contributed by atoms with van der Waals surface area (Å²) in [6, 6.07) is 4.31. The minimum absolute atomic E-state index is 0.0677. The number of anilines is 1. The van der Waals surface area contributed by atoms with E-state index >= 15 is 0 Å². The van der Waals surface area contributed by atoms with Crippen LogP contribution in [0.4, 0.5) is 18.9 Å². The zero-order valence-corrected chi connectivity index (χ0v) is 16.4. The second kappa shape index (κ2) is 9.52. The van der Waals surface area contributed by atoms with Crippen LogP contribution in [-0.4, -0.2) is 27.4 Å². The number of nitrogens with one attached hydrogen (secondary N) is 2. The first-order valence-electron chi connectivity index (χ1n) is 7.66. The maximum absolute atomic E-state index is 13.0. The third-order valence-electron chi connectivity index (χ3n) is 3.13. The average molecular weight is 438 g/mol. The van der Waals surface area contributed by atoms with E-state index in [1.807, 2.05) is 6.92 Å². The number of rotatable bonds is 7. The number of thioether (sulfide) groups is 2. The molecule has 0 atom stereocenters. The van der Waals surface area contributed by atoms with Crippen molar-refractivity contribution in [2.24, 2.45) is 0 Å². The summed E-state index contributed by atoms with van der Waals surface area (Å²) in [5, 5.41) is 2.50. The van der Waals surface area contributed by atoms with Gasteiger partial charge in [0.25, 0.3) is 5.56 Å². The summed E-state index contributed by atoms with van der Waals surface area (Å²) in [6.45, 7) is 1.98. The highest BCUT2D eigenvalue weighted by Crippen LogP contribution is 2.36. The maximum atomic E-state index is 13.0. The molecule has 1 heterocycles. The molecule has 2 rings (SSSR count). The summed E-state index contributed by atoms with van der Waals surface area (Å²) in [5.74, 6) is 0.513. The lowest BCUT2D eigenvalue weighted by atomic mass is 10.1. The van der Waals surface area contributed by atoms with Crippen molar-refractivity contribution in [3.63, 3.8) is 0 Å². The van der Waals surface area contributed by atoms with Crippen molar-refractivity contribution >= 4 is 46.7 Å². The van der Waals surface area contributed by atoms with Gasteiger partial charge in [0.15, 0.2) is 5.16 Å². The van der Waals surface area contributed by atoms with Crippen LogP contribution in [0.2, 0.25) is 5.02 Å². The number of aromatic nitrogens is 2. The van der Waals surface area contributed by atoms with Gasteiger partial charge in [-0.25, -0.2) is 4.98 Å². The number of carbonyl (C=O) groups is 1. The third kappa shape index (κ3) is 6.78. The van der Waals surface area contributed by atoms with Gasteiger partial charge in [-0.1, -0.05) is 30.3 Å². The third-order valence-corrected chi connectivity index (χ3v) is 5.14. The molecule has 1 aromatic carbocycles. The molecule has 0 aliphatic carbocycles. The van der Waals surface area contributed by atoms with Gasteiger partial charge in [0, 0.05) is 16.8 Å². The lowest BCUT2D eigenvalue weighted by molar-refractivity contribution is -0.137. The number of amides is 1. The van der Waals surface area contributed by atoms with Crippen LogP contribution in [0, 0.1) is 0 Å². The lowest BCUT2D eigenvalue weighted by Crippen LogP contribution is -2.19. The fraction of sp³-hybridized carbons (Fsp3) is 0.312. The maximum Gasteiger partial charge on any atom is 0.418 e. The van der Waals surface area contributed by atoms with E-state index in [1.165, 1.54) is 6.07 Å². The minimum atomic E-state index is -4.63. The first-order valence-corrected chi connectivity index (χ1v) is 10.2. The minimum Gasteiger partial charge on any atom is -0.325 e. The Bertz CT molecular complexity index is 875. The predicted octanol–water partition coefficient (Wildman–Crippen LogP) is 4.43. The zero-order valence-electron chi connectivity index (χ0n) is 14.0. The van der Waals surface area contributed by atoms with Crippen molar-refractivity contribution in [3.8, 4) is 0 Å². The summed E-state index contributed by atoms with van der Waals surface area (Å²) in [6.07, 6.45) is -4.63. The van der Waals surface area contributed by atoms with Crippen molar-refractivity contribution in [2.75, 3.05) is 16.8 Å². The molecule has 2 aromatic rings. The molecule has 0 saturated heterocycles. The fourth-order valence-electron chi connectivity index (χ4n) is 2.02. The molecule has 5 nitrogen and oxygen atoms in total. The Hall–Kier alpha value is -1.65. The Balaban J connectivity index is 2.06. The van der Waals surface area contributed by atoms with Crippen molar-refractivity contribution in [1.29, 1.82) is 0 Å². The number of benzene rings is 1. The van der Waals surface area contributed by atoms with Gasteiger partial charge in [-0.15, -0.1) is 0 Å². The van der Waals surface area contributed by atoms with Crippen molar-refractivity contribution in [1.82, 2.24) is 9.97 Å². The molecular formula is C16H15ClF3N3O2S2. The number of H-pyrrole nitrogens is 1. The van der Waals surface area contributed by atoms with Crippen molar-refractivity contribution < 1.29 is 18.0 Å². The van der Waals surface area contributed by atoms with Gasteiger partial charge < -0.3 is 10.3 Å². The van der Waals surface area contributed by atoms with E-state index in [9.17, 15) is 22.8 Å². The molecule has 0 radical (unpaired) electrons. The molecule has 0 fully saturated rings. The Morgan fingerprint density at radius 2 is 2.07 bits per heavy atom. The SMILES string of the molecule is CCSCc1cc(=O)[nH]c(SCC(=O)Nc2cc(Cl)ccc2C(F)(F)F)n1. The fourth-order valence-corrected chi connectivity index (χ4v) is 3.45. The Labute approximate surface area is 166 Å². The smallest absolute Gasteiger partial charge is 0.325 e. The van der Waals surface area contributed by atoms with E-state index < -0.39 is 23.3 Å². The number of carbonyl (C=O) groups excluding carboxylic acids is 1. The van der Waals surface area contributed by atoms with Crippen LogP contribution < -0.4 is 10.9 Å². The van der Waals surface area contributed by atoms with Crippen molar-refractivity contribution in [2.45, 2.75) is 24.0 Å². The predicted molar refractivity (Wildman–Crippen MR) is 103 cm³/mol. The van der Waals surface area contributed by atoms with Crippen LogP contribution in [0.1, 0.15) is 18.2 Å². The van der Waals surface area contributed by atoms with E-state index in [0.29, 0.717) is 11.4 Å². The second-order valence-corrected chi connectivity index (χ2v) is 7.88. The van der Waals surface area contributed by atoms with E-state index in [-0.39, 0.29) is 21.5 Å². The lowest BCUT2D eigenvalue weighted by Gasteiger charge is -2.14. The van der Waals surface area contributed by atoms with Crippen LogP contribution in [0.3, 0.4) is 0 Å². The molecule has 1 amide bonds. The summed E-state index contributed by atoms with van der Waals surface area (Å²) in [4.78, 5) is 30.4. The number of halogens is 4. The molecule has 1 aromatic heterocycles. The van der Waals surface area contributed by atoms with E-state index in [2.05, 4.69) is 15.3 Å². The van der Waals surface area contributed by atoms with Crippen LogP contribution >= 0.6 is 35.1 Å². The number of hydrogen-bond donors (Lipinski definition) is 2. The van der Waals surface area contributed by atoms with Gasteiger partial charge in [-0.3, -0.25) is 9.59 Å². The Kier molecular flexibility index (Phi) is 7.63. The van der Waals surface area contributed by atoms with Gasteiger partial charge in [-0.2, -0.15) is 24.9 Å². The average Bonchev–Trinajstić information content (AvgIpc) is 2.56. The first kappa shape index (κ1) is 21.6. The highest BCUT2D eigenvalue weighted by Gasteiger charge is 2.34. The van der Waals surface area contributed by atoms with Crippen LogP contribution in [0.25, 0.3) is 0 Å². The number of aromatic amines is 1. The van der Waals surface area contributed by atoms with E-state index in [4.69, 9.17) is 11.6 Å². The van der Waals surface area contributed by atoms with Gasteiger partial charge >= 0.3 is 6.18 Å². The van der Waals surface area contributed by atoms with Crippen LogP contribution in [0.15, 0.2) is 34.2 Å². The Morgan fingerprint density at radius 1 is 1.33 bits per heavy atom. The monoisotopic (exact) mass is 437 g/mol.